The van der Waals surface area contributed by atoms with Gasteiger partial charge in [-0.15, -0.1) is 0 Å². The third-order valence-corrected chi connectivity index (χ3v) is 4.37. The first-order valence-electron chi connectivity index (χ1n) is 7.67. The second kappa shape index (κ2) is 6.72. The van der Waals surface area contributed by atoms with Gasteiger partial charge in [0.1, 0.15) is 12.0 Å². The summed E-state index contributed by atoms with van der Waals surface area (Å²) in [6.07, 6.45) is 0.739. The molecule has 0 aliphatic carbocycles. The first kappa shape index (κ1) is 16.0. The SMILES string of the molecule is COc1ccc2ncc(F)c(CCN3C[C@H](CN)[C@H](F)C3)c2n1. The number of aromatic nitrogens is 2. The zero-order valence-corrected chi connectivity index (χ0v) is 13.0. The smallest absolute Gasteiger partial charge is 0.213 e. The van der Waals surface area contributed by atoms with Gasteiger partial charge in [-0.3, -0.25) is 9.88 Å². The number of hydrogen-bond donors (Lipinski definition) is 1. The number of ether oxygens (including phenoxy) is 1. The highest BCUT2D eigenvalue weighted by Crippen LogP contribution is 2.23. The second-order valence-electron chi connectivity index (χ2n) is 5.83. The molecule has 1 saturated heterocycles. The molecule has 124 valence electrons. The quantitative estimate of drug-likeness (QED) is 0.905. The van der Waals surface area contributed by atoms with Crippen molar-refractivity contribution in [3.05, 3.63) is 29.7 Å². The van der Waals surface area contributed by atoms with Crippen molar-refractivity contribution >= 4 is 11.0 Å². The topological polar surface area (TPSA) is 64.3 Å². The van der Waals surface area contributed by atoms with Gasteiger partial charge in [0.25, 0.3) is 0 Å². The van der Waals surface area contributed by atoms with Crippen LogP contribution in [-0.2, 0) is 6.42 Å². The summed E-state index contributed by atoms with van der Waals surface area (Å²) in [5.41, 5.74) is 7.17. The van der Waals surface area contributed by atoms with Crippen LogP contribution >= 0.6 is 0 Å². The summed E-state index contributed by atoms with van der Waals surface area (Å²) >= 11 is 0. The van der Waals surface area contributed by atoms with Crippen LogP contribution in [0.15, 0.2) is 18.3 Å². The Balaban J connectivity index is 1.81. The van der Waals surface area contributed by atoms with E-state index in [0.29, 0.717) is 55.1 Å². The molecule has 2 aromatic heterocycles. The largest absolute Gasteiger partial charge is 0.481 e. The fourth-order valence-electron chi connectivity index (χ4n) is 3.02. The summed E-state index contributed by atoms with van der Waals surface area (Å²) in [5.74, 6) is -0.115. The Morgan fingerprint density at radius 1 is 1.39 bits per heavy atom. The van der Waals surface area contributed by atoms with Gasteiger partial charge < -0.3 is 10.5 Å². The van der Waals surface area contributed by atoms with Crippen molar-refractivity contribution in [1.29, 1.82) is 0 Å². The van der Waals surface area contributed by atoms with Crippen LogP contribution in [0.1, 0.15) is 5.56 Å². The molecular formula is C16H20F2N4O. The maximum Gasteiger partial charge on any atom is 0.213 e. The lowest BCUT2D eigenvalue weighted by molar-refractivity contribution is 0.274. The van der Waals surface area contributed by atoms with Crippen LogP contribution in [0.25, 0.3) is 11.0 Å². The van der Waals surface area contributed by atoms with Crippen molar-refractivity contribution in [3.8, 4) is 5.88 Å². The molecule has 0 unspecified atom stereocenters. The number of alkyl halides is 1. The van der Waals surface area contributed by atoms with Crippen molar-refractivity contribution in [1.82, 2.24) is 14.9 Å². The van der Waals surface area contributed by atoms with Gasteiger partial charge >= 0.3 is 0 Å². The van der Waals surface area contributed by atoms with Crippen molar-refractivity contribution in [2.24, 2.45) is 11.7 Å². The molecule has 23 heavy (non-hydrogen) atoms. The molecule has 0 spiro atoms. The van der Waals surface area contributed by atoms with Crippen LogP contribution in [-0.4, -0.2) is 54.3 Å². The van der Waals surface area contributed by atoms with E-state index < -0.39 is 12.0 Å². The van der Waals surface area contributed by atoms with Crippen molar-refractivity contribution in [3.63, 3.8) is 0 Å². The molecule has 1 aliphatic heterocycles. The number of nitrogens with zero attached hydrogens (tertiary/aromatic N) is 3. The molecule has 5 nitrogen and oxygen atoms in total. The molecule has 0 amide bonds. The Hall–Kier alpha value is -1.86. The first-order valence-corrected chi connectivity index (χ1v) is 7.67. The first-order chi connectivity index (χ1) is 11.1. The number of rotatable bonds is 5. The number of halogens is 2. The predicted octanol–water partition coefficient (Wildman–Crippen LogP) is 1.55. The molecule has 1 fully saturated rings. The Morgan fingerprint density at radius 2 is 2.22 bits per heavy atom. The minimum atomic E-state index is -0.905. The third kappa shape index (κ3) is 3.25. The Bertz CT molecular complexity index is 697. The molecule has 0 radical (unpaired) electrons. The highest BCUT2D eigenvalue weighted by Gasteiger charge is 2.31. The number of fused-ring (bicyclic) bond motifs is 1. The Kier molecular flexibility index (Phi) is 4.68. The maximum atomic E-state index is 14.2. The summed E-state index contributed by atoms with van der Waals surface area (Å²) in [7, 11) is 1.51. The summed E-state index contributed by atoms with van der Waals surface area (Å²) in [6, 6.07) is 3.44. The third-order valence-electron chi connectivity index (χ3n) is 4.37. The van der Waals surface area contributed by atoms with Gasteiger partial charge in [0, 0.05) is 37.2 Å². The lowest BCUT2D eigenvalue weighted by Crippen LogP contribution is -2.25. The van der Waals surface area contributed by atoms with E-state index in [0.717, 1.165) is 0 Å². The van der Waals surface area contributed by atoms with Crippen LogP contribution in [0.3, 0.4) is 0 Å². The molecule has 0 saturated carbocycles. The van der Waals surface area contributed by atoms with E-state index in [1.165, 1.54) is 13.3 Å². The lowest BCUT2D eigenvalue weighted by Gasteiger charge is -2.16. The lowest BCUT2D eigenvalue weighted by atomic mass is 10.1. The van der Waals surface area contributed by atoms with Crippen LogP contribution in [0.4, 0.5) is 8.78 Å². The van der Waals surface area contributed by atoms with Gasteiger partial charge in [0.2, 0.25) is 5.88 Å². The number of hydrogen-bond acceptors (Lipinski definition) is 5. The van der Waals surface area contributed by atoms with Gasteiger partial charge in [-0.25, -0.2) is 13.8 Å². The van der Waals surface area contributed by atoms with Gasteiger partial charge in [0.15, 0.2) is 0 Å². The Morgan fingerprint density at radius 3 is 2.91 bits per heavy atom. The number of methoxy groups -OCH3 is 1. The van der Waals surface area contributed by atoms with E-state index in [4.69, 9.17) is 10.5 Å². The number of pyridine rings is 2. The molecule has 2 aromatic rings. The maximum absolute atomic E-state index is 14.2. The van der Waals surface area contributed by atoms with E-state index in [2.05, 4.69) is 9.97 Å². The molecule has 3 rings (SSSR count). The molecule has 7 heteroatoms. The normalized spacial score (nSPS) is 21.9. The Labute approximate surface area is 133 Å². The molecular weight excluding hydrogens is 302 g/mol. The summed E-state index contributed by atoms with van der Waals surface area (Å²) in [5, 5.41) is 0. The molecule has 0 aromatic carbocycles. The minimum Gasteiger partial charge on any atom is -0.481 e. The molecule has 2 atom stereocenters. The van der Waals surface area contributed by atoms with E-state index >= 15 is 0 Å². The van der Waals surface area contributed by atoms with Gasteiger partial charge in [-0.2, -0.15) is 0 Å². The van der Waals surface area contributed by atoms with Crippen LogP contribution in [0, 0.1) is 11.7 Å². The van der Waals surface area contributed by atoms with Crippen molar-refractivity contribution in [2.45, 2.75) is 12.6 Å². The van der Waals surface area contributed by atoms with E-state index in [9.17, 15) is 8.78 Å². The highest BCUT2D eigenvalue weighted by molar-refractivity contribution is 5.78. The highest BCUT2D eigenvalue weighted by atomic mass is 19.1. The van der Waals surface area contributed by atoms with Crippen molar-refractivity contribution < 1.29 is 13.5 Å². The van der Waals surface area contributed by atoms with Crippen molar-refractivity contribution in [2.75, 3.05) is 33.3 Å². The standard InChI is InChI=1S/C16H20F2N4O/c1-23-15-3-2-14-16(21-15)11(12(17)7-20-14)4-5-22-8-10(6-19)13(18)9-22/h2-3,7,10,13H,4-6,8-9,19H2,1H3/t10-,13+/m0/s1. The zero-order chi connectivity index (χ0) is 16.4. The zero-order valence-electron chi connectivity index (χ0n) is 13.0. The van der Waals surface area contributed by atoms with Crippen LogP contribution in [0.5, 0.6) is 5.88 Å². The minimum absolute atomic E-state index is 0.132. The summed E-state index contributed by atoms with van der Waals surface area (Å²) in [4.78, 5) is 10.3. The molecule has 2 N–H and O–H groups in total. The van der Waals surface area contributed by atoms with E-state index in [1.54, 1.807) is 12.1 Å². The van der Waals surface area contributed by atoms with E-state index in [1.807, 2.05) is 4.90 Å². The predicted molar refractivity (Wildman–Crippen MR) is 83.6 cm³/mol. The van der Waals surface area contributed by atoms with Crippen LogP contribution < -0.4 is 10.5 Å². The summed E-state index contributed by atoms with van der Waals surface area (Å²) in [6.45, 7) is 1.86. The molecule has 0 bridgehead atoms. The number of nitrogens with two attached hydrogens (primary N) is 1. The number of likely N-dealkylation sites (tertiary alicyclic amines) is 1. The molecule has 3 heterocycles. The monoisotopic (exact) mass is 322 g/mol. The van der Waals surface area contributed by atoms with Crippen LogP contribution in [0.2, 0.25) is 0 Å². The van der Waals surface area contributed by atoms with Gasteiger partial charge in [-0.05, 0) is 19.0 Å². The average molecular weight is 322 g/mol. The molecule has 1 aliphatic rings. The average Bonchev–Trinajstić information content (AvgIpc) is 2.93. The van der Waals surface area contributed by atoms with Gasteiger partial charge in [-0.1, -0.05) is 0 Å². The van der Waals surface area contributed by atoms with E-state index in [-0.39, 0.29) is 5.92 Å². The fraction of sp³-hybridized carbons (Fsp3) is 0.500. The summed E-state index contributed by atoms with van der Waals surface area (Å²) < 4.78 is 33.1. The van der Waals surface area contributed by atoms with Gasteiger partial charge in [0.05, 0.1) is 24.3 Å². The second-order valence-corrected chi connectivity index (χ2v) is 5.83. The fourth-order valence-corrected chi connectivity index (χ4v) is 3.02.